The molecule has 10 unspecified atom stereocenters. The highest BCUT2D eigenvalue weighted by molar-refractivity contribution is 7.46. The Morgan fingerprint density at radius 2 is 0.580 bits per heavy atom. The van der Waals surface area contributed by atoms with Crippen LogP contribution in [0, 0.1) is 5.41 Å². The fraction of sp³-hybridized carbons (Fsp3) is 0.945. The highest BCUT2D eigenvalue weighted by Gasteiger charge is 2.48. The molecule has 3 fully saturated rings. The number of carbonyl (C=O) groups is 3. The van der Waals surface area contributed by atoms with Gasteiger partial charge in [-0.25, -0.2) is 0 Å². The molecule has 0 saturated carbocycles. The molecule has 3 amide bonds. The van der Waals surface area contributed by atoms with Gasteiger partial charge in [0.2, 0.25) is 17.7 Å². The molecule has 0 aliphatic carbocycles. The van der Waals surface area contributed by atoms with E-state index in [2.05, 4.69) is 20.5 Å². The number of hydrogen-bond acceptors (Lipinski definition) is 38. The first-order valence-corrected chi connectivity index (χ1v) is 38.4. The Labute approximate surface area is 579 Å². The van der Waals surface area contributed by atoms with E-state index < -0.39 is 186 Å². The summed E-state index contributed by atoms with van der Waals surface area (Å²) >= 11 is 0. The lowest BCUT2D eigenvalue weighted by atomic mass is 9.92. The van der Waals surface area contributed by atoms with Gasteiger partial charge in [-0.3, -0.25) is 32.6 Å². The van der Waals surface area contributed by atoms with E-state index in [0.29, 0.717) is 0 Å². The van der Waals surface area contributed by atoms with E-state index in [1.54, 1.807) is 0 Å². The van der Waals surface area contributed by atoms with Crippen LogP contribution in [0.15, 0.2) is 0 Å². The second-order valence-electron chi connectivity index (χ2n) is 23.3. The van der Waals surface area contributed by atoms with E-state index in [1.807, 2.05) is 0 Å². The molecule has 3 aliphatic heterocycles. The SMILES string of the molecule is COP(=O)([O-])OCCCCOCC(COCCCOP(=O)([O-])OCCCCO[C@@H]1OC(CO)[C@H](O)[C@H](O)C1NC(C)=O)(COCCCOP(=O)([O-])OCCCCO[C@@H]1OC(CO)[C@H](O)[C@H](O)C1NC(C)=O)COCCCOP(=O)([O-])OCCCCO[C@@H]1OC(CO)[C@H](O)[C@H](O)C1NC(C)=O. The second-order valence-corrected chi connectivity index (χ2v) is 29.1. The average molecular weight is 1540 g/mol. The van der Waals surface area contributed by atoms with Crippen LogP contribution in [-0.4, -0.2) is 301 Å². The fourth-order valence-corrected chi connectivity index (χ4v) is 12.4. The molecule has 100 heavy (non-hydrogen) atoms. The van der Waals surface area contributed by atoms with Gasteiger partial charge in [-0.1, -0.05) is 0 Å². The van der Waals surface area contributed by atoms with Crippen LogP contribution < -0.4 is 35.5 Å². The van der Waals surface area contributed by atoms with Crippen molar-refractivity contribution in [3.8, 4) is 0 Å². The Morgan fingerprint density at radius 3 is 0.820 bits per heavy atom. The van der Waals surface area contributed by atoms with Gasteiger partial charge in [0.1, 0.15) is 73.1 Å². The van der Waals surface area contributed by atoms with Crippen molar-refractivity contribution in [2.24, 2.45) is 5.41 Å². The van der Waals surface area contributed by atoms with Gasteiger partial charge in [0.15, 0.2) is 18.9 Å². The summed E-state index contributed by atoms with van der Waals surface area (Å²) in [6.45, 7) is -2.21. The van der Waals surface area contributed by atoms with Crippen molar-refractivity contribution in [2.75, 3.05) is 146 Å². The number of aliphatic hydroxyl groups excluding tert-OH is 9. The van der Waals surface area contributed by atoms with Crippen molar-refractivity contribution in [1.82, 2.24) is 16.0 Å². The molecule has 41 nitrogen and oxygen atoms in total. The predicted octanol–water partition coefficient (Wildman–Crippen LogP) is -5.15. The molecule has 3 saturated heterocycles. The molecule has 0 bridgehead atoms. The lowest BCUT2D eigenvalue weighted by Crippen LogP contribution is -2.64. The van der Waals surface area contributed by atoms with Crippen molar-refractivity contribution in [1.29, 1.82) is 0 Å². The number of amides is 3. The highest BCUT2D eigenvalue weighted by atomic mass is 31.2. The van der Waals surface area contributed by atoms with E-state index in [1.165, 1.54) is 20.8 Å². The fourth-order valence-electron chi connectivity index (χ4n) is 9.64. The van der Waals surface area contributed by atoms with Crippen LogP contribution in [0.3, 0.4) is 0 Å². The lowest BCUT2D eigenvalue weighted by molar-refractivity contribution is -0.270. The third-order valence-electron chi connectivity index (χ3n) is 14.8. The van der Waals surface area contributed by atoms with Crippen molar-refractivity contribution >= 4 is 49.0 Å². The summed E-state index contributed by atoms with van der Waals surface area (Å²) in [4.78, 5) is 84.8. The summed E-state index contributed by atoms with van der Waals surface area (Å²) in [7, 11) is -18.1. The quantitative estimate of drug-likeness (QED) is 0.0200. The minimum absolute atomic E-state index is 0.0129. The van der Waals surface area contributed by atoms with Crippen molar-refractivity contribution in [3.05, 3.63) is 0 Å². The minimum Gasteiger partial charge on any atom is -0.756 e. The molecule has 0 spiro atoms. The Balaban J connectivity index is 1.58. The third-order valence-corrected chi connectivity index (χ3v) is 18.7. The predicted molar refractivity (Wildman–Crippen MR) is 330 cm³/mol. The molecule has 0 aromatic rings. The first kappa shape index (κ1) is 92.3. The topological polar surface area (TPSA) is 596 Å². The highest BCUT2D eigenvalue weighted by Crippen LogP contribution is 2.41. The molecule has 3 rings (SSSR count). The molecule has 590 valence electrons. The summed E-state index contributed by atoms with van der Waals surface area (Å²) in [6, 6.07) is -3.53. The van der Waals surface area contributed by atoms with Crippen molar-refractivity contribution in [2.45, 2.75) is 183 Å². The number of phosphoric acid groups is 4. The average Bonchev–Trinajstić information content (AvgIpc) is 0.822. The normalized spacial score (nSPS) is 28.8. The van der Waals surface area contributed by atoms with Gasteiger partial charge in [0.25, 0.3) is 31.3 Å². The van der Waals surface area contributed by atoms with E-state index in [9.17, 15) is 98.2 Å². The Bertz CT molecular complexity index is 2250. The standard InChI is InChI=1S/C55H107N3O38P4/c1-37(62)56-43-49(68)46(65)40(30-59)94-52(43)84-20-6-10-24-88-98(73,74)91-27-13-17-81-34-55(33-80-16-5-9-23-87-97(71,72)79-4,35-82-18-14-28-92-99(75,76)89-25-11-7-21-85-53-44(57-38(2)63)50(69)47(66)41(31-60)95-53)36-83-19-15-29-93-100(77,78)90-26-12-8-22-86-54-45(58-39(3)64)51(70)48(67)42(32-61)96-54/h40-54,59-61,65-70H,5-36H2,1-4H3,(H,56,62)(H,57,63)(H,58,64)(H,71,72)(H,73,74)(H,75,76)(H,77,78)/p-4/t40?,41?,42?,43?,44?,45?,46-,47-,48-,49+,50+,51+,52+,53+,54+,55?/m0/s1. The van der Waals surface area contributed by atoms with Crippen LogP contribution in [0.1, 0.15) is 91.4 Å². The van der Waals surface area contributed by atoms with Gasteiger partial charge in [0, 0.05) is 74.1 Å². The second kappa shape index (κ2) is 49.1. The number of nitrogens with one attached hydrogen (secondary N) is 3. The van der Waals surface area contributed by atoms with Crippen molar-refractivity contribution < 1.29 is 182 Å². The molecule has 12 N–H and O–H groups in total. The smallest absolute Gasteiger partial charge is 0.267 e. The minimum atomic E-state index is -4.86. The van der Waals surface area contributed by atoms with E-state index in [0.717, 1.165) is 7.11 Å². The molecule has 3 aliphatic rings. The van der Waals surface area contributed by atoms with E-state index >= 15 is 0 Å². The van der Waals surface area contributed by atoms with Crippen LogP contribution in [0.25, 0.3) is 0 Å². The first-order chi connectivity index (χ1) is 47.3. The Hall–Kier alpha value is -1.91. The zero-order valence-corrected chi connectivity index (χ0v) is 60.0. The van der Waals surface area contributed by atoms with Gasteiger partial charge < -0.3 is 165 Å². The van der Waals surface area contributed by atoms with E-state index in [-0.39, 0.29) is 170 Å². The first-order valence-electron chi connectivity index (χ1n) is 32.5. The number of phosphoric ester groups is 4. The van der Waals surface area contributed by atoms with Crippen LogP contribution >= 0.6 is 31.3 Å². The van der Waals surface area contributed by atoms with Gasteiger partial charge in [0.05, 0.1) is 97.9 Å². The van der Waals surface area contributed by atoms with Crippen LogP contribution in [0.4, 0.5) is 0 Å². The number of unbranched alkanes of at least 4 members (excludes halogenated alkanes) is 4. The summed E-state index contributed by atoms with van der Waals surface area (Å²) in [5.41, 5.74) is -1.22. The zero-order valence-electron chi connectivity index (χ0n) is 56.4. The number of carbonyl (C=O) groups excluding carboxylic acids is 3. The molecular formula is C55H103N3O38P4-4. The summed E-state index contributed by atoms with van der Waals surface area (Å²) in [6.07, 6.45) is -15.1. The van der Waals surface area contributed by atoms with Gasteiger partial charge >= 0.3 is 0 Å². The van der Waals surface area contributed by atoms with Crippen LogP contribution in [0.5, 0.6) is 0 Å². The molecular weight excluding hydrogens is 1430 g/mol. The summed E-state index contributed by atoms with van der Waals surface area (Å²) < 4.78 is 146. The monoisotopic (exact) mass is 1540 g/mol. The Morgan fingerprint density at radius 1 is 0.360 bits per heavy atom. The maximum Gasteiger partial charge on any atom is 0.267 e. The molecule has 3 heterocycles. The molecule has 0 aromatic carbocycles. The zero-order chi connectivity index (χ0) is 74.4. The molecule has 45 heteroatoms. The van der Waals surface area contributed by atoms with Crippen LogP contribution in [-0.2, 0) is 116 Å². The maximum atomic E-state index is 12.7. The third kappa shape index (κ3) is 36.6. The number of rotatable bonds is 57. The van der Waals surface area contributed by atoms with Gasteiger partial charge in [-0.2, -0.15) is 0 Å². The Kier molecular flexibility index (Phi) is 45.3. The number of ether oxygens (including phenoxy) is 10. The molecule has 0 aromatic heterocycles. The molecule has 0 radical (unpaired) electrons. The maximum absolute atomic E-state index is 12.7. The largest absolute Gasteiger partial charge is 0.756 e. The summed E-state index contributed by atoms with van der Waals surface area (Å²) in [5.74, 6) is -1.65. The number of hydrogen-bond donors (Lipinski definition) is 12. The van der Waals surface area contributed by atoms with Gasteiger partial charge in [-0.15, -0.1) is 0 Å². The van der Waals surface area contributed by atoms with Crippen LogP contribution in [0.2, 0.25) is 0 Å². The van der Waals surface area contributed by atoms with E-state index in [4.69, 9.17) is 79.0 Å². The van der Waals surface area contributed by atoms with Crippen molar-refractivity contribution in [3.63, 3.8) is 0 Å². The summed E-state index contributed by atoms with van der Waals surface area (Å²) in [5, 5.41) is 98.0. The molecule has 19 atom stereocenters. The lowest BCUT2D eigenvalue weighted by Gasteiger charge is -2.42. The number of aliphatic hydroxyl groups is 9. The van der Waals surface area contributed by atoms with Gasteiger partial charge in [-0.05, 0) is 70.6 Å².